The average Bonchev–Trinajstić information content (AvgIpc) is 2.93. The molecule has 0 saturated heterocycles. The highest BCUT2D eigenvalue weighted by Crippen LogP contribution is 2.52. The molecule has 4 nitrogen and oxygen atoms in total. The smallest absolute Gasteiger partial charge is 0.220 e. The van der Waals surface area contributed by atoms with Crippen molar-refractivity contribution in [3.8, 4) is 0 Å². The van der Waals surface area contributed by atoms with Crippen LogP contribution in [0.15, 0.2) is 0 Å². The summed E-state index contributed by atoms with van der Waals surface area (Å²) in [5.41, 5.74) is -0.142. The molecule has 0 aromatic carbocycles. The number of nitrogens with one attached hydrogen (secondary N) is 1. The summed E-state index contributed by atoms with van der Waals surface area (Å²) in [6, 6.07) is -0.406. The lowest BCUT2D eigenvalue weighted by molar-refractivity contribution is -0.141. The molecule has 0 aromatic heterocycles. The third-order valence-corrected chi connectivity index (χ3v) is 8.21. The van der Waals surface area contributed by atoms with Gasteiger partial charge in [0.2, 0.25) is 5.91 Å². The molecule has 5 unspecified atom stereocenters. The lowest BCUT2D eigenvalue weighted by Gasteiger charge is -2.52. The number of amides is 1. The Morgan fingerprint density at radius 1 is 0.868 bits per heavy atom. The van der Waals surface area contributed by atoms with Crippen molar-refractivity contribution in [2.45, 2.75) is 168 Å². The van der Waals surface area contributed by atoms with E-state index in [0.29, 0.717) is 30.6 Å². The second kappa shape index (κ2) is 24.8. The van der Waals surface area contributed by atoms with Gasteiger partial charge in [-0.3, -0.25) is 14.4 Å². The predicted molar refractivity (Wildman–Crippen MR) is 170 cm³/mol. The van der Waals surface area contributed by atoms with Crippen molar-refractivity contribution >= 4 is 17.5 Å². The molecule has 2 rings (SSSR count). The van der Waals surface area contributed by atoms with Gasteiger partial charge < -0.3 is 5.32 Å². The van der Waals surface area contributed by atoms with Crippen LogP contribution in [0.3, 0.4) is 0 Å². The fourth-order valence-electron chi connectivity index (χ4n) is 5.63. The largest absolute Gasteiger partial charge is 0.346 e. The number of hydrogen-bond donors (Lipinski definition) is 1. The fourth-order valence-corrected chi connectivity index (χ4v) is 5.63. The van der Waals surface area contributed by atoms with E-state index in [4.69, 9.17) is 0 Å². The normalized spacial score (nSPS) is 25.9. The van der Waals surface area contributed by atoms with Crippen LogP contribution in [-0.4, -0.2) is 23.5 Å². The summed E-state index contributed by atoms with van der Waals surface area (Å²) in [6.07, 6.45) is 8.63. The summed E-state index contributed by atoms with van der Waals surface area (Å²) >= 11 is 0. The van der Waals surface area contributed by atoms with E-state index in [1.165, 1.54) is 12.8 Å². The van der Waals surface area contributed by atoms with Crippen LogP contribution in [0.1, 0.15) is 162 Å². The van der Waals surface area contributed by atoms with Gasteiger partial charge in [0.05, 0.1) is 6.04 Å². The first kappa shape index (κ1) is 43.8. The topological polar surface area (TPSA) is 63.2 Å². The van der Waals surface area contributed by atoms with E-state index < -0.39 is 6.04 Å². The first-order valence-corrected chi connectivity index (χ1v) is 15.9. The van der Waals surface area contributed by atoms with Crippen LogP contribution in [0.25, 0.3) is 0 Å². The van der Waals surface area contributed by atoms with Gasteiger partial charge in [-0.05, 0) is 62.2 Å². The van der Waals surface area contributed by atoms with Gasteiger partial charge in [-0.25, -0.2) is 0 Å². The lowest BCUT2D eigenvalue weighted by atomic mass is 9.54. The van der Waals surface area contributed by atoms with E-state index in [1.807, 2.05) is 48.5 Å². The lowest BCUT2D eigenvalue weighted by Crippen LogP contribution is -2.60. The van der Waals surface area contributed by atoms with Crippen LogP contribution in [0.5, 0.6) is 0 Å². The monoisotopic (exact) mass is 542 g/mol. The summed E-state index contributed by atoms with van der Waals surface area (Å²) in [6.45, 7) is 28.6. The van der Waals surface area contributed by atoms with Crippen LogP contribution in [0, 0.1) is 35.0 Å². The Kier molecular flexibility index (Phi) is 28.6. The standard InChI is InChI=1S/C23H39NO3.C4H10.3C2H6.CH4/c1-7-17-11-12-23(17,6)22(24-20(26)8-2)21(27)16-9-10-18(14(3)4)19(13-16)15(5)25;1-3-4-2;3*1-2;/h14,16-19,22H,7-13H2,1-6H3,(H,24,26);3-4H2,1-2H3;3*1-2H3;1H4/t16?,17?,18?,19?,22-,23?;;;;;/m1...../s1. The van der Waals surface area contributed by atoms with Gasteiger partial charge in [-0.1, -0.05) is 117 Å². The van der Waals surface area contributed by atoms with E-state index in [2.05, 4.69) is 46.9 Å². The molecule has 1 amide bonds. The number of carbonyl (C=O) groups is 3. The molecular weight excluding hydrogens is 470 g/mol. The maximum absolute atomic E-state index is 13.6. The minimum Gasteiger partial charge on any atom is -0.346 e. The Hall–Kier alpha value is -1.19. The molecule has 38 heavy (non-hydrogen) atoms. The Balaban J connectivity index is -0.000000462. The SMILES string of the molecule is C.CC.CC.CC.CCC(=O)N[C@H](C(=O)C1CCC(C(C)C)C(C(C)=O)C1)C1(C)CCC1CC.CCCC. The quantitative estimate of drug-likeness (QED) is 0.316. The van der Waals surface area contributed by atoms with Crippen molar-refractivity contribution in [3.63, 3.8) is 0 Å². The zero-order chi connectivity index (χ0) is 29.8. The molecule has 230 valence electrons. The minimum atomic E-state index is -0.406. The van der Waals surface area contributed by atoms with Gasteiger partial charge >= 0.3 is 0 Å². The van der Waals surface area contributed by atoms with Gasteiger partial charge in [-0.15, -0.1) is 0 Å². The number of carbonyl (C=O) groups excluding carboxylic acids is 3. The molecule has 0 bridgehead atoms. The molecular formula is C34H71NO3. The average molecular weight is 542 g/mol. The second-order valence-corrected chi connectivity index (χ2v) is 10.5. The molecule has 0 aromatic rings. The molecule has 0 radical (unpaired) electrons. The van der Waals surface area contributed by atoms with Crippen molar-refractivity contribution in [2.75, 3.05) is 0 Å². The molecule has 4 heteroatoms. The second-order valence-electron chi connectivity index (χ2n) is 10.5. The Morgan fingerprint density at radius 3 is 1.68 bits per heavy atom. The number of ketones is 2. The van der Waals surface area contributed by atoms with Gasteiger partial charge in [0.25, 0.3) is 0 Å². The number of unbranched alkanes of at least 4 members (excludes halogenated alkanes) is 1. The van der Waals surface area contributed by atoms with Crippen molar-refractivity contribution in [3.05, 3.63) is 0 Å². The molecule has 1 N–H and O–H groups in total. The van der Waals surface area contributed by atoms with Gasteiger partial charge in [0, 0.05) is 18.3 Å². The third-order valence-electron chi connectivity index (χ3n) is 8.21. The van der Waals surface area contributed by atoms with Gasteiger partial charge in [0.1, 0.15) is 5.78 Å². The number of hydrogen-bond acceptors (Lipinski definition) is 3. The summed E-state index contributed by atoms with van der Waals surface area (Å²) in [4.78, 5) is 38.0. The molecule has 2 aliphatic carbocycles. The van der Waals surface area contributed by atoms with E-state index in [9.17, 15) is 14.4 Å². The molecule has 0 heterocycles. The van der Waals surface area contributed by atoms with Crippen LogP contribution in [0.4, 0.5) is 0 Å². The molecule has 0 spiro atoms. The molecule has 2 aliphatic rings. The molecule has 2 saturated carbocycles. The van der Waals surface area contributed by atoms with Crippen LogP contribution >= 0.6 is 0 Å². The molecule has 0 aliphatic heterocycles. The van der Waals surface area contributed by atoms with E-state index >= 15 is 0 Å². The minimum absolute atomic E-state index is 0. The molecule has 2 fully saturated rings. The van der Waals surface area contributed by atoms with Gasteiger partial charge in [-0.2, -0.15) is 0 Å². The summed E-state index contributed by atoms with van der Waals surface area (Å²) in [5, 5.41) is 3.08. The number of rotatable bonds is 9. The highest BCUT2D eigenvalue weighted by atomic mass is 16.2. The number of Topliss-reactive ketones (excluding diaryl/α,β-unsaturated/α-hetero) is 2. The Bertz CT molecular complexity index is 597. The Morgan fingerprint density at radius 2 is 1.37 bits per heavy atom. The van der Waals surface area contributed by atoms with Crippen molar-refractivity contribution in [2.24, 2.45) is 35.0 Å². The first-order valence-electron chi connectivity index (χ1n) is 15.9. The summed E-state index contributed by atoms with van der Waals surface area (Å²) < 4.78 is 0. The maximum Gasteiger partial charge on any atom is 0.220 e. The summed E-state index contributed by atoms with van der Waals surface area (Å²) in [5.74, 6) is 1.52. The van der Waals surface area contributed by atoms with Crippen molar-refractivity contribution in [1.82, 2.24) is 5.32 Å². The predicted octanol–water partition coefficient (Wildman–Crippen LogP) is 10.1. The fraction of sp³-hybridized carbons (Fsp3) is 0.912. The van der Waals surface area contributed by atoms with Crippen LogP contribution in [0.2, 0.25) is 0 Å². The Labute approximate surface area is 240 Å². The highest BCUT2D eigenvalue weighted by Gasteiger charge is 2.52. The zero-order valence-corrected chi connectivity index (χ0v) is 27.6. The van der Waals surface area contributed by atoms with Crippen molar-refractivity contribution in [1.29, 1.82) is 0 Å². The van der Waals surface area contributed by atoms with Crippen molar-refractivity contribution < 1.29 is 14.4 Å². The van der Waals surface area contributed by atoms with Crippen LogP contribution in [-0.2, 0) is 14.4 Å². The summed E-state index contributed by atoms with van der Waals surface area (Å²) in [7, 11) is 0. The first-order chi connectivity index (χ1) is 17.6. The van der Waals surface area contributed by atoms with Gasteiger partial charge in [0.15, 0.2) is 5.78 Å². The van der Waals surface area contributed by atoms with E-state index in [1.54, 1.807) is 6.92 Å². The molecule has 6 atom stereocenters. The van der Waals surface area contributed by atoms with E-state index in [0.717, 1.165) is 32.1 Å². The maximum atomic E-state index is 13.6. The van der Waals surface area contributed by atoms with Crippen LogP contribution < -0.4 is 5.32 Å². The third kappa shape index (κ3) is 13.2. The van der Waals surface area contributed by atoms with E-state index in [-0.39, 0.29) is 42.2 Å². The highest BCUT2D eigenvalue weighted by molar-refractivity contribution is 5.92. The zero-order valence-electron chi connectivity index (χ0n) is 27.6.